The molecule has 0 aliphatic carbocycles. The van der Waals surface area contributed by atoms with Crippen LogP contribution in [0.2, 0.25) is 0 Å². The van der Waals surface area contributed by atoms with Gasteiger partial charge in [-0.05, 0) is 5.41 Å². The van der Waals surface area contributed by atoms with Gasteiger partial charge in [0.05, 0.1) is 5.04 Å². The third kappa shape index (κ3) is 4.42. The molecule has 1 heterocycles. The Morgan fingerprint density at radius 3 is 2.20 bits per heavy atom. The van der Waals surface area contributed by atoms with Crippen molar-refractivity contribution in [3.8, 4) is 0 Å². The standard InChI is InChI=1S/C13H23NS/c1-12(2,3)9-15-11-8-7-10(14-11)13(4,5)6/h7H,8-9H2,1-6H3. The second-order valence-electron chi connectivity index (χ2n) is 6.40. The van der Waals surface area contributed by atoms with Crippen LogP contribution in [0.15, 0.2) is 16.8 Å². The zero-order valence-corrected chi connectivity index (χ0v) is 11.7. The zero-order chi connectivity index (χ0) is 11.7. The van der Waals surface area contributed by atoms with Crippen LogP contribution in [0, 0.1) is 10.8 Å². The number of rotatable bonds is 1. The number of allylic oxidation sites excluding steroid dienone is 2. The fourth-order valence-electron chi connectivity index (χ4n) is 1.27. The fraction of sp³-hybridized carbons (Fsp3) is 0.769. The molecule has 1 nitrogen and oxygen atoms in total. The van der Waals surface area contributed by atoms with Crippen LogP contribution in [0.4, 0.5) is 0 Å². The molecule has 0 bridgehead atoms. The maximum absolute atomic E-state index is 4.70. The average molecular weight is 225 g/mol. The van der Waals surface area contributed by atoms with Gasteiger partial charge in [-0.3, -0.25) is 4.99 Å². The van der Waals surface area contributed by atoms with Crippen molar-refractivity contribution < 1.29 is 0 Å². The van der Waals surface area contributed by atoms with Gasteiger partial charge in [0.2, 0.25) is 0 Å². The Morgan fingerprint density at radius 1 is 1.20 bits per heavy atom. The van der Waals surface area contributed by atoms with E-state index in [1.54, 1.807) is 0 Å². The van der Waals surface area contributed by atoms with Crippen molar-refractivity contribution >= 4 is 16.8 Å². The van der Waals surface area contributed by atoms with E-state index >= 15 is 0 Å². The first kappa shape index (κ1) is 12.8. The molecule has 0 fully saturated rings. The van der Waals surface area contributed by atoms with Gasteiger partial charge < -0.3 is 0 Å². The van der Waals surface area contributed by atoms with E-state index in [1.165, 1.54) is 10.7 Å². The summed E-state index contributed by atoms with van der Waals surface area (Å²) < 4.78 is 0. The lowest BCUT2D eigenvalue weighted by Gasteiger charge is -2.18. The van der Waals surface area contributed by atoms with Gasteiger partial charge in [-0.1, -0.05) is 47.6 Å². The van der Waals surface area contributed by atoms with E-state index in [2.05, 4.69) is 47.6 Å². The maximum Gasteiger partial charge on any atom is 0.0773 e. The highest BCUT2D eigenvalue weighted by molar-refractivity contribution is 8.14. The molecule has 0 N–H and O–H groups in total. The van der Waals surface area contributed by atoms with E-state index in [0.717, 1.165) is 12.2 Å². The highest BCUT2D eigenvalue weighted by Gasteiger charge is 2.22. The Bertz CT molecular complexity index is 287. The summed E-state index contributed by atoms with van der Waals surface area (Å²) in [6, 6.07) is 0. The van der Waals surface area contributed by atoms with Gasteiger partial charge in [-0.15, -0.1) is 11.8 Å². The largest absolute Gasteiger partial charge is 0.250 e. The summed E-state index contributed by atoms with van der Waals surface area (Å²) in [4.78, 5) is 4.70. The molecule has 0 aromatic heterocycles. The van der Waals surface area contributed by atoms with E-state index in [-0.39, 0.29) is 5.41 Å². The molecule has 0 atom stereocenters. The average Bonchev–Trinajstić information content (AvgIpc) is 2.45. The van der Waals surface area contributed by atoms with Crippen LogP contribution in [-0.2, 0) is 0 Å². The zero-order valence-electron chi connectivity index (χ0n) is 10.8. The van der Waals surface area contributed by atoms with E-state index < -0.39 is 0 Å². The molecule has 0 radical (unpaired) electrons. The number of nitrogens with zero attached hydrogens (tertiary/aromatic N) is 1. The third-order valence-electron chi connectivity index (χ3n) is 2.16. The van der Waals surface area contributed by atoms with Crippen LogP contribution in [0.1, 0.15) is 48.0 Å². The van der Waals surface area contributed by atoms with Crippen LogP contribution in [0.25, 0.3) is 0 Å². The van der Waals surface area contributed by atoms with Crippen molar-refractivity contribution in [2.75, 3.05) is 5.75 Å². The molecule has 0 aromatic rings. The smallest absolute Gasteiger partial charge is 0.0773 e. The van der Waals surface area contributed by atoms with Crippen LogP contribution >= 0.6 is 11.8 Å². The first-order chi connectivity index (χ1) is 6.68. The molecule has 0 unspecified atom stereocenters. The lowest BCUT2D eigenvalue weighted by molar-refractivity contribution is 0.481. The summed E-state index contributed by atoms with van der Waals surface area (Å²) in [5.74, 6) is 1.15. The second kappa shape index (κ2) is 4.32. The molecule has 0 saturated heterocycles. The van der Waals surface area contributed by atoms with E-state index in [4.69, 9.17) is 4.99 Å². The number of aliphatic imine (C=N–C) groups is 1. The van der Waals surface area contributed by atoms with Gasteiger partial charge in [-0.2, -0.15) is 0 Å². The molecule has 0 spiro atoms. The lowest BCUT2D eigenvalue weighted by Crippen LogP contribution is -2.10. The summed E-state index contributed by atoms with van der Waals surface area (Å²) in [5.41, 5.74) is 1.83. The van der Waals surface area contributed by atoms with Crippen molar-refractivity contribution in [1.82, 2.24) is 0 Å². The molecule has 15 heavy (non-hydrogen) atoms. The van der Waals surface area contributed by atoms with Gasteiger partial charge in [0.25, 0.3) is 0 Å². The Morgan fingerprint density at radius 2 is 1.80 bits per heavy atom. The van der Waals surface area contributed by atoms with E-state index in [0.29, 0.717) is 5.41 Å². The van der Waals surface area contributed by atoms with Crippen molar-refractivity contribution in [2.24, 2.45) is 15.8 Å². The van der Waals surface area contributed by atoms with Crippen LogP contribution in [-0.4, -0.2) is 10.8 Å². The molecule has 0 aromatic carbocycles. The Kier molecular flexibility index (Phi) is 3.70. The minimum absolute atomic E-state index is 0.198. The fourth-order valence-corrected chi connectivity index (χ4v) is 2.24. The van der Waals surface area contributed by atoms with Crippen molar-refractivity contribution in [3.05, 3.63) is 11.8 Å². The van der Waals surface area contributed by atoms with Crippen molar-refractivity contribution in [1.29, 1.82) is 0 Å². The third-order valence-corrected chi connectivity index (χ3v) is 3.76. The van der Waals surface area contributed by atoms with Crippen molar-refractivity contribution in [2.45, 2.75) is 48.0 Å². The number of hydrogen-bond acceptors (Lipinski definition) is 2. The first-order valence-corrected chi connectivity index (χ1v) is 6.58. The predicted molar refractivity (Wildman–Crippen MR) is 71.5 cm³/mol. The topological polar surface area (TPSA) is 12.4 Å². The summed E-state index contributed by atoms with van der Waals surface area (Å²) in [7, 11) is 0. The Balaban J connectivity index is 2.51. The Hall–Kier alpha value is -0.240. The molecule has 1 aliphatic heterocycles. The van der Waals surface area contributed by atoms with E-state index in [9.17, 15) is 0 Å². The molecular formula is C13H23NS. The van der Waals surface area contributed by atoms with E-state index in [1.807, 2.05) is 11.8 Å². The van der Waals surface area contributed by atoms with Gasteiger partial charge in [-0.25, -0.2) is 0 Å². The number of hydrogen-bond donors (Lipinski definition) is 0. The predicted octanol–water partition coefficient (Wildman–Crippen LogP) is 4.50. The SMILES string of the molecule is CC(C)(C)CSC1=NC(C(C)(C)C)=CC1. The van der Waals surface area contributed by atoms with Gasteiger partial charge >= 0.3 is 0 Å². The molecule has 1 aliphatic rings. The van der Waals surface area contributed by atoms with Crippen molar-refractivity contribution in [3.63, 3.8) is 0 Å². The monoisotopic (exact) mass is 225 g/mol. The maximum atomic E-state index is 4.70. The summed E-state index contributed by atoms with van der Waals surface area (Å²) in [6.07, 6.45) is 3.30. The van der Waals surface area contributed by atoms with Gasteiger partial charge in [0, 0.05) is 23.3 Å². The molecule has 1 rings (SSSR count). The molecule has 86 valence electrons. The van der Waals surface area contributed by atoms with Gasteiger partial charge in [0.15, 0.2) is 0 Å². The molecule has 0 amide bonds. The van der Waals surface area contributed by atoms with Crippen LogP contribution in [0.5, 0.6) is 0 Å². The Labute approximate surface area is 98.4 Å². The normalized spacial score (nSPS) is 17.7. The lowest BCUT2D eigenvalue weighted by atomic mass is 9.92. The minimum atomic E-state index is 0.198. The highest BCUT2D eigenvalue weighted by Crippen LogP contribution is 2.33. The molecule has 2 heteroatoms. The minimum Gasteiger partial charge on any atom is -0.250 e. The van der Waals surface area contributed by atoms with Gasteiger partial charge in [0.1, 0.15) is 0 Å². The molecule has 0 saturated carbocycles. The quantitative estimate of drug-likeness (QED) is 0.640. The van der Waals surface area contributed by atoms with Crippen LogP contribution < -0.4 is 0 Å². The highest BCUT2D eigenvalue weighted by atomic mass is 32.2. The summed E-state index contributed by atoms with van der Waals surface area (Å²) in [5, 5.41) is 1.29. The summed E-state index contributed by atoms with van der Waals surface area (Å²) in [6.45, 7) is 13.5. The molecular weight excluding hydrogens is 202 g/mol. The first-order valence-electron chi connectivity index (χ1n) is 5.59. The number of thioether (sulfide) groups is 1. The van der Waals surface area contributed by atoms with Crippen LogP contribution in [0.3, 0.4) is 0 Å². The summed E-state index contributed by atoms with van der Waals surface area (Å²) >= 11 is 1.91. The second-order valence-corrected chi connectivity index (χ2v) is 7.45.